The summed E-state index contributed by atoms with van der Waals surface area (Å²) in [6.45, 7) is 10.2. The molecule has 4 aliphatic rings. The van der Waals surface area contributed by atoms with Crippen LogP contribution >= 0.6 is 0 Å². The molecule has 5 rings (SSSR count). The summed E-state index contributed by atoms with van der Waals surface area (Å²) in [7, 11) is -2.49. The van der Waals surface area contributed by atoms with Crippen LogP contribution in [0.25, 0.3) is 0 Å². The summed E-state index contributed by atoms with van der Waals surface area (Å²) in [5, 5.41) is 19.5. The van der Waals surface area contributed by atoms with Crippen molar-refractivity contribution in [2.45, 2.75) is 81.5 Å². The molecular weight excluding hydrogens is 509 g/mol. The van der Waals surface area contributed by atoms with E-state index >= 15 is 0 Å². The van der Waals surface area contributed by atoms with Gasteiger partial charge in [-0.05, 0) is 36.3 Å². The first kappa shape index (κ1) is 26.2. The maximum Gasteiger partial charge on any atom is 0.417 e. The Hall–Kier alpha value is -2.46. The molecule has 200 valence electrons. The maximum atomic E-state index is 14.0. The van der Waals surface area contributed by atoms with Gasteiger partial charge in [-0.2, -0.15) is 18.4 Å². The minimum absolute atomic E-state index is 0.102. The number of nitrogens with zero attached hydrogens (tertiary/aromatic N) is 2. The van der Waals surface area contributed by atoms with E-state index in [4.69, 9.17) is 19.2 Å². The highest BCUT2D eigenvalue weighted by molar-refractivity contribution is 6.74. The zero-order valence-corrected chi connectivity index (χ0v) is 22.2. The Morgan fingerprint density at radius 2 is 1.97 bits per heavy atom. The summed E-state index contributed by atoms with van der Waals surface area (Å²) in [5.41, 5.74) is -4.83. The monoisotopic (exact) mass is 538 g/mol. The zero-order valence-electron chi connectivity index (χ0n) is 21.2. The number of carbonyl (C=O) groups is 2. The van der Waals surface area contributed by atoms with E-state index in [-0.39, 0.29) is 23.8 Å². The van der Waals surface area contributed by atoms with Gasteiger partial charge in [-0.15, -0.1) is 0 Å². The highest BCUT2D eigenvalue weighted by atomic mass is 28.4. The molecule has 0 unspecified atom stereocenters. The zero-order chi connectivity index (χ0) is 27.3. The first-order chi connectivity index (χ1) is 17.0. The number of ether oxygens (including phenoxy) is 2. The van der Waals surface area contributed by atoms with E-state index in [0.717, 1.165) is 17.0 Å². The number of amides is 1. The van der Waals surface area contributed by atoms with Crippen LogP contribution in [-0.2, 0) is 29.7 Å². The highest BCUT2D eigenvalue weighted by Gasteiger charge is 2.83. The lowest BCUT2D eigenvalue weighted by molar-refractivity contribution is -0.179. The maximum absolute atomic E-state index is 14.0. The number of fused-ring (bicyclic) bond motifs is 2. The number of carboxylic acid groups (broad SMARTS) is 1. The minimum Gasteiger partial charge on any atom is -0.479 e. The van der Waals surface area contributed by atoms with Crippen LogP contribution in [0.15, 0.2) is 18.2 Å². The number of carboxylic acids is 1. The van der Waals surface area contributed by atoms with Crippen molar-refractivity contribution < 1.29 is 41.8 Å². The smallest absolute Gasteiger partial charge is 0.417 e. The lowest BCUT2D eigenvalue weighted by Gasteiger charge is -2.45. The Balaban J connectivity index is 1.61. The molecule has 4 aliphatic heterocycles. The summed E-state index contributed by atoms with van der Waals surface area (Å²) < 4.78 is 59.9. The highest BCUT2D eigenvalue weighted by Crippen LogP contribution is 2.66. The van der Waals surface area contributed by atoms with Crippen molar-refractivity contribution in [1.29, 1.82) is 5.26 Å². The normalized spacial score (nSPS) is 35.0. The van der Waals surface area contributed by atoms with Crippen LogP contribution in [0.2, 0.25) is 18.1 Å². The van der Waals surface area contributed by atoms with E-state index < -0.39 is 72.9 Å². The average Bonchev–Trinajstić information content (AvgIpc) is 3.37. The predicted octanol–water partition coefficient (Wildman–Crippen LogP) is 4.29. The van der Waals surface area contributed by atoms with Crippen molar-refractivity contribution >= 4 is 25.9 Å². The largest absolute Gasteiger partial charge is 0.479 e. The van der Waals surface area contributed by atoms with Crippen molar-refractivity contribution in [2.24, 2.45) is 11.8 Å². The SMILES string of the molecule is CC(C)(C)[Si](C)(C)O[C@H]1C[C@@]23CCO[C@H]4[C@@H]2[C@H](C(=O)N4c2ccc(C#N)c(C(F)(F)F)c2)[C@]1(C(=O)O)O3. The molecule has 6 atom stereocenters. The second kappa shape index (κ2) is 7.78. The molecule has 0 aliphatic carbocycles. The molecule has 12 heteroatoms. The third kappa shape index (κ3) is 3.44. The number of aliphatic carboxylic acids is 1. The molecule has 8 nitrogen and oxygen atoms in total. The third-order valence-corrected chi connectivity index (χ3v) is 13.5. The quantitative estimate of drug-likeness (QED) is 0.570. The molecular formula is C25H29F3N2O6Si. The Kier molecular flexibility index (Phi) is 5.50. The molecule has 1 N–H and O–H groups in total. The molecule has 0 saturated carbocycles. The third-order valence-electron chi connectivity index (χ3n) is 8.97. The number of halogens is 3. The first-order valence-electron chi connectivity index (χ1n) is 12.2. The molecule has 1 amide bonds. The fourth-order valence-electron chi connectivity index (χ4n) is 6.26. The van der Waals surface area contributed by atoms with E-state index in [2.05, 4.69) is 0 Å². The van der Waals surface area contributed by atoms with E-state index in [1.807, 2.05) is 33.9 Å². The van der Waals surface area contributed by atoms with E-state index in [0.29, 0.717) is 6.42 Å². The predicted molar refractivity (Wildman–Crippen MR) is 126 cm³/mol. The Morgan fingerprint density at radius 1 is 1.30 bits per heavy atom. The molecule has 4 saturated heterocycles. The van der Waals surface area contributed by atoms with Gasteiger partial charge in [0.1, 0.15) is 6.23 Å². The van der Waals surface area contributed by atoms with Gasteiger partial charge in [0.2, 0.25) is 11.5 Å². The summed E-state index contributed by atoms with van der Waals surface area (Å²) in [6.07, 6.45) is -6.09. The van der Waals surface area contributed by atoms with Gasteiger partial charge in [0, 0.05) is 24.4 Å². The van der Waals surface area contributed by atoms with Crippen molar-refractivity contribution in [3.63, 3.8) is 0 Å². The topological polar surface area (TPSA) is 109 Å². The number of carbonyl (C=O) groups excluding carboxylic acids is 1. The van der Waals surface area contributed by atoms with Gasteiger partial charge >= 0.3 is 12.1 Å². The Bertz CT molecular complexity index is 1220. The fourth-order valence-corrected chi connectivity index (χ4v) is 7.58. The van der Waals surface area contributed by atoms with Crippen LogP contribution < -0.4 is 4.90 Å². The molecule has 4 fully saturated rings. The lowest BCUT2D eigenvalue weighted by atomic mass is 9.64. The van der Waals surface area contributed by atoms with Gasteiger partial charge in [-0.3, -0.25) is 9.69 Å². The van der Waals surface area contributed by atoms with Crippen molar-refractivity contribution in [1.82, 2.24) is 0 Å². The van der Waals surface area contributed by atoms with Gasteiger partial charge in [0.05, 0.1) is 41.4 Å². The summed E-state index contributed by atoms with van der Waals surface area (Å²) in [4.78, 5) is 28.0. The lowest BCUT2D eigenvalue weighted by Crippen LogP contribution is -2.60. The molecule has 2 bridgehead atoms. The van der Waals surface area contributed by atoms with Gasteiger partial charge in [-0.1, -0.05) is 20.8 Å². The Labute approximate surface area is 213 Å². The van der Waals surface area contributed by atoms with E-state index in [1.54, 1.807) is 0 Å². The first-order valence-corrected chi connectivity index (χ1v) is 15.1. The number of hydrogen-bond acceptors (Lipinski definition) is 6. The fraction of sp³-hybridized carbons (Fsp3) is 0.640. The van der Waals surface area contributed by atoms with Gasteiger partial charge in [0.25, 0.3) is 0 Å². The number of rotatable bonds is 4. The molecule has 0 radical (unpaired) electrons. The van der Waals surface area contributed by atoms with Crippen LogP contribution in [0.3, 0.4) is 0 Å². The molecule has 4 heterocycles. The van der Waals surface area contributed by atoms with Crippen LogP contribution in [-0.4, -0.2) is 55.4 Å². The molecule has 0 aromatic heterocycles. The van der Waals surface area contributed by atoms with Crippen molar-refractivity contribution in [3.05, 3.63) is 29.3 Å². The number of nitriles is 1. The molecule has 1 aromatic carbocycles. The summed E-state index contributed by atoms with van der Waals surface area (Å²) >= 11 is 0. The van der Waals surface area contributed by atoms with Gasteiger partial charge in [0.15, 0.2) is 8.32 Å². The number of hydrogen-bond donors (Lipinski definition) is 1. The van der Waals surface area contributed by atoms with E-state index in [9.17, 15) is 27.9 Å². The summed E-state index contributed by atoms with van der Waals surface area (Å²) in [5.74, 6) is -3.88. The van der Waals surface area contributed by atoms with Gasteiger partial charge in [-0.25, -0.2) is 4.79 Å². The van der Waals surface area contributed by atoms with Crippen LogP contribution in [0.4, 0.5) is 18.9 Å². The number of alkyl halides is 3. The van der Waals surface area contributed by atoms with Crippen LogP contribution in [0.1, 0.15) is 44.7 Å². The van der Waals surface area contributed by atoms with Crippen molar-refractivity contribution in [2.75, 3.05) is 11.5 Å². The standard InChI is InChI=1S/C25H29F3N2O6Si/c1-22(2,3)37(4,5)35-16-11-23-8-9-34-20-18(23)17(24(16,36-23)21(32)33)19(31)30(20)14-7-6-13(12-29)15(10-14)25(26,27)28/h6-7,10,16-18,20H,8-9,11H2,1-5H3,(H,32,33)/t16-,17+,18-,20-,23-,24+/m0/s1. The molecule has 1 spiro atoms. The summed E-state index contributed by atoms with van der Waals surface area (Å²) in [6, 6.07) is 4.56. The Morgan fingerprint density at radius 3 is 2.54 bits per heavy atom. The second-order valence-electron chi connectivity index (χ2n) is 11.9. The molecule has 1 aromatic rings. The van der Waals surface area contributed by atoms with Gasteiger partial charge < -0.3 is 19.0 Å². The van der Waals surface area contributed by atoms with Crippen molar-refractivity contribution in [3.8, 4) is 6.07 Å². The van der Waals surface area contributed by atoms with E-state index in [1.165, 1.54) is 12.1 Å². The van der Waals surface area contributed by atoms with Crippen LogP contribution in [0, 0.1) is 23.2 Å². The molecule has 37 heavy (non-hydrogen) atoms. The number of anilines is 1. The number of benzene rings is 1. The average molecular weight is 539 g/mol. The minimum atomic E-state index is -4.82. The second-order valence-corrected chi connectivity index (χ2v) is 16.7. The van der Waals surface area contributed by atoms with Crippen LogP contribution in [0.5, 0.6) is 0 Å².